The van der Waals surface area contributed by atoms with E-state index in [0.29, 0.717) is 18.7 Å². The molecule has 0 unspecified atom stereocenters. The first-order valence-electron chi connectivity index (χ1n) is 8.39. The molecule has 2 N–H and O–H groups in total. The highest BCUT2D eigenvalue weighted by atomic mass is 19.1. The molecular formula is C20H25FN2O2. The molecule has 0 radical (unpaired) electrons. The van der Waals surface area contributed by atoms with Gasteiger partial charge in [-0.25, -0.2) is 4.39 Å². The van der Waals surface area contributed by atoms with Crippen LogP contribution in [-0.4, -0.2) is 19.0 Å². The van der Waals surface area contributed by atoms with Crippen LogP contribution in [0.5, 0.6) is 5.75 Å². The third-order valence-corrected chi connectivity index (χ3v) is 3.85. The number of hydrogen-bond donors (Lipinski definition) is 2. The highest BCUT2D eigenvalue weighted by molar-refractivity contribution is 5.72. The number of hydrogen-bond acceptors (Lipinski definition) is 3. The van der Waals surface area contributed by atoms with Crippen LogP contribution >= 0.6 is 0 Å². The summed E-state index contributed by atoms with van der Waals surface area (Å²) in [4.78, 5) is 10.8. The molecule has 4 nitrogen and oxygen atoms in total. The average Bonchev–Trinajstić information content (AvgIpc) is 2.55. The van der Waals surface area contributed by atoms with E-state index in [4.69, 9.17) is 4.74 Å². The fourth-order valence-electron chi connectivity index (χ4n) is 2.69. The van der Waals surface area contributed by atoms with Crippen LogP contribution in [0, 0.1) is 19.7 Å². The molecule has 5 heteroatoms. The Hall–Kier alpha value is -2.40. The summed E-state index contributed by atoms with van der Waals surface area (Å²) in [5, 5.41) is 6.04. The Morgan fingerprint density at radius 2 is 1.80 bits per heavy atom. The van der Waals surface area contributed by atoms with Crippen molar-refractivity contribution >= 4 is 5.91 Å². The molecule has 134 valence electrons. The van der Waals surface area contributed by atoms with E-state index in [1.54, 1.807) is 18.2 Å². The predicted molar refractivity (Wildman–Crippen MR) is 97.0 cm³/mol. The van der Waals surface area contributed by atoms with Gasteiger partial charge in [-0.1, -0.05) is 30.3 Å². The molecule has 2 rings (SSSR count). The molecule has 25 heavy (non-hydrogen) atoms. The van der Waals surface area contributed by atoms with E-state index in [1.807, 2.05) is 13.8 Å². The van der Waals surface area contributed by atoms with Crippen molar-refractivity contribution in [3.8, 4) is 5.75 Å². The minimum absolute atomic E-state index is 0.0233. The molecular weight excluding hydrogens is 319 g/mol. The van der Waals surface area contributed by atoms with Gasteiger partial charge in [-0.05, 0) is 36.6 Å². The number of nitrogens with one attached hydrogen (secondary N) is 2. The lowest BCUT2D eigenvalue weighted by Crippen LogP contribution is -2.29. The summed E-state index contributed by atoms with van der Waals surface area (Å²) in [7, 11) is 0. The summed E-state index contributed by atoms with van der Waals surface area (Å²) < 4.78 is 19.5. The lowest BCUT2D eigenvalue weighted by atomic mass is 10.1. The van der Waals surface area contributed by atoms with Gasteiger partial charge in [-0.3, -0.25) is 4.79 Å². The topological polar surface area (TPSA) is 50.4 Å². The average molecular weight is 344 g/mol. The van der Waals surface area contributed by atoms with Crippen molar-refractivity contribution in [2.24, 2.45) is 0 Å². The molecule has 1 amide bonds. The molecule has 0 aromatic heterocycles. The summed E-state index contributed by atoms with van der Waals surface area (Å²) in [6, 6.07) is 10.8. The Labute approximate surface area is 148 Å². The first-order chi connectivity index (χ1) is 12.0. The summed E-state index contributed by atoms with van der Waals surface area (Å²) >= 11 is 0. The van der Waals surface area contributed by atoms with Gasteiger partial charge in [-0.15, -0.1) is 0 Å². The van der Waals surface area contributed by atoms with Gasteiger partial charge in [0, 0.05) is 32.1 Å². The van der Waals surface area contributed by atoms with Crippen LogP contribution in [0.15, 0.2) is 36.4 Å². The van der Waals surface area contributed by atoms with Gasteiger partial charge < -0.3 is 15.4 Å². The number of benzene rings is 2. The number of amides is 1. The molecule has 0 saturated carbocycles. The Kier molecular flexibility index (Phi) is 6.95. The van der Waals surface area contributed by atoms with Gasteiger partial charge in [0.2, 0.25) is 5.91 Å². The molecule has 0 atom stereocenters. The molecule has 0 heterocycles. The van der Waals surface area contributed by atoms with Crippen LogP contribution in [0.3, 0.4) is 0 Å². The Morgan fingerprint density at radius 3 is 2.44 bits per heavy atom. The summed E-state index contributed by atoms with van der Waals surface area (Å²) in [6.07, 6.45) is 0. The van der Waals surface area contributed by atoms with Gasteiger partial charge in [0.05, 0.1) is 0 Å². The largest absolute Gasteiger partial charge is 0.488 e. The number of aryl methyl sites for hydroxylation is 2. The lowest BCUT2D eigenvalue weighted by molar-refractivity contribution is -0.118. The number of rotatable bonds is 8. The minimum atomic E-state index is -0.252. The second kappa shape index (κ2) is 9.18. The van der Waals surface area contributed by atoms with Crippen LogP contribution in [0.2, 0.25) is 0 Å². The lowest BCUT2D eigenvalue weighted by Gasteiger charge is -2.15. The first-order valence-corrected chi connectivity index (χ1v) is 8.39. The molecule has 0 saturated heterocycles. The fraction of sp³-hybridized carbons (Fsp3) is 0.350. The Bertz CT molecular complexity index is 708. The maximum atomic E-state index is 13.7. The van der Waals surface area contributed by atoms with Crippen molar-refractivity contribution in [3.05, 3.63) is 64.5 Å². The molecule has 2 aromatic rings. The molecule has 0 aliphatic carbocycles. The van der Waals surface area contributed by atoms with Gasteiger partial charge in [0.15, 0.2) is 0 Å². The normalized spacial score (nSPS) is 10.6. The number of carbonyl (C=O) groups is 1. The number of carbonyl (C=O) groups excluding carboxylic acids is 1. The quantitative estimate of drug-likeness (QED) is 0.723. The zero-order chi connectivity index (χ0) is 18.2. The fourth-order valence-corrected chi connectivity index (χ4v) is 2.69. The Balaban J connectivity index is 1.93. The first kappa shape index (κ1) is 18.9. The molecule has 0 aliphatic rings. The molecule has 0 fully saturated rings. The summed E-state index contributed by atoms with van der Waals surface area (Å²) in [5.74, 6) is 0.521. The van der Waals surface area contributed by atoms with E-state index < -0.39 is 0 Å². The van der Waals surface area contributed by atoms with E-state index in [9.17, 15) is 9.18 Å². The maximum absolute atomic E-state index is 13.7. The van der Waals surface area contributed by atoms with E-state index in [0.717, 1.165) is 29.0 Å². The van der Waals surface area contributed by atoms with Crippen LogP contribution < -0.4 is 15.4 Å². The van der Waals surface area contributed by atoms with E-state index in [2.05, 4.69) is 22.8 Å². The maximum Gasteiger partial charge on any atom is 0.216 e. The SMILES string of the molecule is CC(=O)NCCNCc1cc(C)c(OCc2ccccc2F)c(C)c1. The molecule has 0 bridgehead atoms. The molecule has 2 aromatic carbocycles. The summed E-state index contributed by atoms with van der Waals surface area (Å²) in [5.41, 5.74) is 3.74. The van der Waals surface area contributed by atoms with Crippen molar-refractivity contribution < 1.29 is 13.9 Å². The third-order valence-electron chi connectivity index (χ3n) is 3.85. The smallest absolute Gasteiger partial charge is 0.216 e. The van der Waals surface area contributed by atoms with Gasteiger partial charge >= 0.3 is 0 Å². The number of halogens is 1. The third kappa shape index (κ3) is 5.87. The molecule has 0 spiro atoms. The number of ether oxygens (including phenoxy) is 1. The van der Waals surface area contributed by atoms with E-state index in [1.165, 1.54) is 13.0 Å². The van der Waals surface area contributed by atoms with Crippen LogP contribution in [-0.2, 0) is 17.9 Å². The predicted octanol–water partition coefficient (Wildman–Crippen LogP) is 3.25. The highest BCUT2D eigenvalue weighted by Crippen LogP contribution is 2.26. The van der Waals surface area contributed by atoms with Crippen LogP contribution in [0.4, 0.5) is 4.39 Å². The van der Waals surface area contributed by atoms with Gasteiger partial charge in [-0.2, -0.15) is 0 Å². The van der Waals surface area contributed by atoms with Gasteiger partial charge in [0.25, 0.3) is 0 Å². The van der Waals surface area contributed by atoms with Crippen LogP contribution in [0.1, 0.15) is 29.2 Å². The zero-order valence-electron chi connectivity index (χ0n) is 15.0. The van der Waals surface area contributed by atoms with Crippen molar-refractivity contribution in [2.75, 3.05) is 13.1 Å². The standard InChI is InChI=1S/C20H25FN2O2/c1-14-10-17(12-22-8-9-23-16(3)24)11-15(2)20(14)25-13-18-6-4-5-7-19(18)21/h4-7,10-11,22H,8-9,12-13H2,1-3H3,(H,23,24). The van der Waals surface area contributed by atoms with Crippen molar-refractivity contribution in [1.82, 2.24) is 10.6 Å². The van der Waals surface area contributed by atoms with E-state index >= 15 is 0 Å². The van der Waals surface area contributed by atoms with E-state index in [-0.39, 0.29) is 18.3 Å². The Morgan fingerprint density at radius 1 is 1.12 bits per heavy atom. The van der Waals surface area contributed by atoms with Crippen molar-refractivity contribution in [2.45, 2.75) is 33.9 Å². The van der Waals surface area contributed by atoms with Gasteiger partial charge in [0.1, 0.15) is 18.2 Å². The monoisotopic (exact) mass is 344 g/mol. The van der Waals surface area contributed by atoms with Crippen LogP contribution in [0.25, 0.3) is 0 Å². The van der Waals surface area contributed by atoms with Crippen molar-refractivity contribution in [1.29, 1.82) is 0 Å². The summed E-state index contributed by atoms with van der Waals surface area (Å²) in [6.45, 7) is 7.74. The second-order valence-corrected chi connectivity index (χ2v) is 6.10. The zero-order valence-corrected chi connectivity index (χ0v) is 15.0. The van der Waals surface area contributed by atoms with Crippen molar-refractivity contribution in [3.63, 3.8) is 0 Å². The minimum Gasteiger partial charge on any atom is -0.488 e. The molecule has 0 aliphatic heterocycles. The second-order valence-electron chi connectivity index (χ2n) is 6.10. The highest BCUT2D eigenvalue weighted by Gasteiger charge is 2.08.